The third-order valence-electron chi connectivity index (χ3n) is 4.67. The highest BCUT2D eigenvalue weighted by Gasteiger charge is 2.12. The average molecular weight is 441 g/mol. The molecule has 30 heavy (non-hydrogen) atoms. The van der Waals surface area contributed by atoms with Crippen molar-refractivity contribution in [3.8, 4) is 17.2 Å². The Balaban J connectivity index is 1.57. The molecule has 0 aliphatic carbocycles. The van der Waals surface area contributed by atoms with E-state index in [4.69, 9.17) is 37.1 Å². The lowest BCUT2D eigenvalue weighted by Crippen LogP contribution is -2.05. The third-order valence-corrected chi connectivity index (χ3v) is 5.41. The molecule has 0 radical (unpaired) electrons. The number of halogens is 2. The minimum Gasteiger partial charge on any atom is -0.489 e. The first kappa shape index (κ1) is 20.3. The van der Waals surface area contributed by atoms with Gasteiger partial charge in [-0.15, -0.1) is 0 Å². The molecule has 1 heterocycles. The van der Waals surface area contributed by atoms with Gasteiger partial charge < -0.3 is 13.9 Å². The number of benzene rings is 3. The standard InChI is InChI=1S/C24H18Cl2O4/c1-14-3-4-15(2)21(9-14)30-23-13-29-22-11-17(6-7-18(22)24(23)27)28-12-16-5-8-19(25)20(26)10-16/h3-11,13H,12H2,1-2H3. The second-order valence-electron chi connectivity index (χ2n) is 7.00. The summed E-state index contributed by atoms with van der Waals surface area (Å²) < 4.78 is 17.3. The van der Waals surface area contributed by atoms with Crippen molar-refractivity contribution in [3.63, 3.8) is 0 Å². The van der Waals surface area contributed by atoms with Crippen molar-refractivity contribution >= 4 is 34.2 Å². The summed E-state index contributed by atoms with van der Waals surface area (Å²) in [5.41, 5.74) is 3.03. The van der Waals surface area contributed by atoms with Crippen LogP contribution in [-0.2, 0) is 6.61 Å². The van der Waals surface area contributed by atoms with E-state index in [0.29, 0.717) is 39.1 Å². The molecule has 4 aromatic rings. The van der Waals surface area contributed by atoms with Crippen molar-refractivity contribution in [2.24, 2.45) is 0 Å². The lowest BCUT2D eigenvalue weighted by molar-refractivity contribution is 0.306. The van der Waals surface area contributed by atoms with Crippen LogP contribution in [0.15, 0.2) is 70.1 Å². The van der Waals surface area contributed by atoms with Crippen LogP contribution in [0.5, 0.6) is 17.2 Å². The second kappa shape index (κ2) is 8.42. The van der Waals surface area contributed by atoms with Gasteiger partial charge in [-0.2, -0.15) is 0 Å². The number of hydrogen-bond donors (Lipinski definition) is 0. The van der Waals surface area contributed by atoms with Gasteiger partial charge in [0.2, 0.25) is 11.2 Å². The van der Waals surface area contributed by atoms with E-state index in [1.165, 1.54) is 6.26 Å². The van der Waals surface area contributed by atoms with Crippen molar-refractivity contribution in [1.82, 2.24) is 0 Å². The lowest BCUT2D eigenvalue weighted by Gasteiger charge is -2.10. The fourth-order valence-corrected chi connectivity index (χ4v) is 3.30. The highest BCUT2D eigenvalue weighted by atomic mass is 35.5. The summed E-state index contributed by atoms with van der Waals surface area (Å²) in [6.45, 7) is 4.20. The van der Waals surface area contributed by atoms with Gasteiger partial charge in [-0.1, -0.05) is 41.4 Å². The first-order valence-electron chi connectivity index (χ1n) is 9.28. The topological polar surface area (TPSA) is 48.7 Å². The van der Waals surface area contributed by atoms with Crippen LogP contribution < -0.4 is 14.9 Å². The predicted molar refractivity (Wildman–Crippen MR) is 119 cm³/mol. The first-order valence-corrected chi connectivity index (χ1v) is 10.0. The van der Waals surface area contributed by atoms with Crippen molar-refractivity contribution < 1.29 is 13.9 Å². The SMILES string of the molecule is Cc1ccc(C)c(Oc2coc3cc(OCc4ccc(Cl)c(Cl)c4)ccc3c2=O)c1. The number of hydrogen-bond acceptors (Lipinski definition) is 4. The molecular weight excluding hydrogens is 423 g/mol. The van der Waals surface area contributed by atoms with E-state index in [9.17, 15) is 4.79 Å². The molecule has 0 fully saturated rings. The second-order valence-corrected chi connectivity index (χ2v) is 7.81. The minimum absolute atomic E-state index is 0.140. The summed E-state index contributed by atoms with van der Waals surface area (Å²) in [7, 11) is 0. The molecule has 6 heteroatoms. The molecule has 0 N–H and O–H groups in total. The van der Waals surface area contributed by atoms with Gasteiger partial charge >= 0.3 is 0 Å². The molecule has 0 aliphatic heterocycles. The summed E-state index contributed by atoms with van der Waals surface area (Å²) in [5, 5.41) is 1.38. The highest BCUT2D eigenvalue weighted by Crippen LogP contribution is 2.28. The molecule has 0 spiro atoms. The molecule has 0 saturated heterocycles. The van der Waals surface area contributed by atoms with Crippen LogP contribution in [0.25, 0.3) is 11.0 Å². The summed E-state index contributed by atoms with van der Waals surface area (Å²) in [6.07, 6.45) is 1.33. The first-order chi connectivity index (χ1) is 14.4. The highest BCUT2D eigenvalue weighted by molar-refractivity contribution is 6.42. The van der Waals surface area contributed by atoms with E-state index in [2.05, 4.69) is 0 Å². The van der Waals surface area contributed by atoms with Crippen LogP contribution in [0.3, 0.4) is 0 Å². The van der Waals surface area contributed by atoms with E-state index < -0.39 is 0 Å². The number of ether oxygens (including phenoxy) is 2. The summed E-state index contributed by atoms with van der Waals surface area (Å²) in [6, 6.07) is 16.2. The van der Waals surface area contributed by atoms with Crippen LogP contribution >= 0.6 is 23.2 Å². The largest absolute Gasteiger partial charge is 0.489 e. The van der Waals surface area contributed by atoms with Crippen LogP contribution in [0.2, 0.25) is 10.0 Å². The molecular formula is C24H18Cl2O4. The maximum atomic E-state index is 12.8. The maximum absolute atomic E-state index is 12.8. The number of fused-ring (bicyclic) bond motifs is 1. The Labute approximate surface area is 183 Å². The van der Waals surface area contributed by atoms with Crippen LogP contribution in [0.4, 0.5) is 0 Å². The Hall–Kier alpha value is -2.95. The zero-order valence-electron chi connectivity index (χ0n) is 16.4. The molecule has 0 saturated carbocycles. The van der Waals surface area contributed by atoms with E-state index in [-0.39, 0.29) is 11.2 Å². The molecule has 0 aliphatic rings. The van der Waals surface area contributed by atoms with Gasteiger partial charge in [0.25, 0.3) is 0 Å². The van der Waals surface area contributed by atoms with Gasteiger partial charge in [-0.25, -0.2) is 0 Å². The van der Waals surface area contributed by atoms with E-state index in [0.717, 1.165) is 16.7 Å². The normalized spacial score (nSPS) is 10.9. The fourth-order valence-electron chi connectivity index (χ4n) is 2.98. The maximum Gasteiger partial charge on any atom is 0.235 e. The van der Waals surface area contributed by atoms with Crippen LogP contribution in [0.1, 0.15) is 16.7 Å². The van der Waals surface area contributed by atoms with Gasteiger partial charge in [0.15, 0.2) is 0 Å². The van der Waals surface area contributed by atoms with Crippen molar-refractivity contribution in [1.29, 1.82) is 0 Å². The number of rotatable bonds is 5. The van der Waals surface area contributed by atoms with Crippen molar-refractivity contribution in [3.05, 3.63) is 97.8 Å². The molecule has 152 valence electrons. The average Bonchev–Trinajstić information content (AvgIpc) is 2.73. The van der Waals surface area contributed by atoms with Crippen LogP contribution in [-0.4, -0.2) is 0 Å². The van der Waals surface area contributed by atoms with E-state index in [1.54, 1.807) is 30.3 Å². The summed E-state index contributed by atoms with van der Waals surface area (Å²) >= 11 is 12.0. The zero-order chi connectivity index (χ0) is 21.3. The third kappa shape index (κ3) is 4.30. The number of aryl methyl sites for hydroxylation is 2. The van der Waals surface area contributed by atoms with Gasteiger partial charge in [-0.05, 0) is 60.9 Å². The van der Waals surface area contributed by atoms with Gasteiger partial charge in [0.1, 0.15) is 30.0 Å². The Morgan fingerprint density at radius 2 is 1.73 bits per heavy atom. The molecule has 4 rings (SSSR count). The quantitative estimate of drug-likeness (QED) is 0.332. The Bertz CT molecular complexity index is 1290. The van der Waals surface area contributed by atoms with E-state index >= 15 is 0 Å². The Kier molecular flexibility index (Phi) is 5.71. The predicted octanol–water partition coefficient (Wildman–Crippen LogP) is 7.09. The zero-order valence-corrected chi connectivity index (χ0v) is 17.9. The Morgan fingerprint density at radius 3 is 2.53 bits per heavy atom. The van der Waals surface area contributed by atoms with E-state index in [1.807, 2.05) is 38.1 Å². The monoisotopic (exact) mass is 440 g/mol. The molecule has 0 amide bonds. The van der Waals surface area contributed by atoms with Crippen molar-refractivity contribution in [2.45, 2.75) is 20.5 Å². The smallest absolute Gasteiger partial charge is 0.235 e. The van der Waals surface area contributed by atoms with Crippen LogP contribution in [0, 0.1) is 13.8 Å². The lowest BCUT2D eigenvalue weighted by atomic mass is 10.1. The Morgan fingerprint density at radius 1 is 0.900 bits per heavy atom. The summed E-state index contributed by atoms with van der Waals surface area (Å²) in [4.78, 5) is 12.8. The minimum atomic E-state index is -0.242. The molecule has 3 aromatic carbocycles. The molecule has 4 nitrogen and oxygen atoms in total. The molecule has 1 aromatic heterocycles. The van der Waals surface area contributed by atoms with Gasteiger partial charge in [0, 0.05) is 6.07 Å². The van der Waals surface area contributed by atoms with Gasteiger partial charge in [-0.3, -0.25) is 4.79 Å². The molecule has 0 bridgehead atoms. The molecule has 0 atom stereocenters. The fraction of sp³-hybridized carbons (Fsp3) is 0.125. The van der Waals surface area contributed by atoms with Gasteiger partial charge in [0.05, 0.1) is 15.4 Å². The summed E-state index contributed by atoms with van der Waals surface area (Å²) in [5.74, 6) is 1.34. The van der Waals surface area contributed by atoms with Crippen molar-refractivity contribution in [2.75, 3.05) is 0 Å². The molecule has 0 unspecified atom stereocenters.